The van der Waals surface area contributed by atoms with E-state index in [1.54, 1.807) is 6.07 Å². The number of halogens is 3. The van der Waals surface area contributed by atoms with E-state index in [2.05, 4.69) is 9.99 Å². The van der Waals surface area contributed by atoms with E-state index in [4.69, 9.17) is 0 Å². The third-order valence-corrected chi connectivity index (χ3v) is 1.92. The van der Waals surface area contributed by atoms with E-state index in [9.17, 15) is 21.9 Å². The van der Waals surface area contributed by atoms with Crippen molar-refractivity contribution in [2.75, 3.05) is 5.94 Å². The number of alkyl halides is 3. The molecule has 8 heteroatoms. The zero-order valence-electron chi connectivity index (χ0n) is 8.31. The monoisotopic (exact) mass is 266 g/mol. The molecule has 0 aliphatic rings. The van der Waals surface area contributed by atoms with Crippen LogP contribution in [0.3, 0.4) is 0 Å². The van der Waals surface area contributed by atoms with Crippen LogP contribution in [0.15, 0.2) is 35.5 Å². The van der Waals surface area contributed by atoms with Gasteiger partial charge in [-0.2, -0.15) is 13.2 Å². The van der Waals surface area contributed by atoms with Crippen molar-refractivity contribution in [1.82, 2.24) is 0 Å². The summed E-state index contributed by atoms with van der Waals surface area (Å²) in [5.74, 6) is -0.924. The van der Waals surface area contributed by atoms with Gasteiger partial charge in [-0.3, -0.25) is 4.21 Å². The van der Waals surface area contributed by atoms with Crippen molar-refractivity contribution in [2.24, 2.45) is 5.16 Å². The van der Waals surface area contributed by atoms with Crippen LogP contribution < -0.4 is 0 Å². The maximum atomic E-state index is 12.6. The van der Waals surface area contributed by atoms with Gasteiger partial charge in [0.1, 0.15) is 0 Å². The molecule has 0 aliphatic heterocycles. The summed E-state index contributed by atoms with van der Waals surface area (Å²) in [7, 11) is 0. The lowest BCUT2D eigenvalue weighted by atomic mass is 10.1. The summed E-state index contributed by atoms with van der Waals surface area (Å²) in [6, 6.07) is 6.75. The first kappa shape index (κ1) is 13.7. The van der Waals surface area contributed by atoms with Crippen LogP contribution >= 0.6 is 0 Å². The Labute approximate surface area is 97.4 Å². The van der Waals surface area contributed by atoms with Crippen molar-refractivity contribution < 1.29 is 26.8 Å². The minimum Gasteiger partial charge on any atom is -0.770 e. The third kappa shape index (κ3) is 4.53. The van der Waals surface area contributed by atoms with Crippen LogP contribution in [0.5, 0.6) is 0 Å². The molecule has 1 aromatic rings. The fraction of sp³-hybridized carbons (Fsp3) is 0.222. The predicted octanol–water partition coefficient (Wildman–Crippen LogP) is 1.81. The fourth-order valence-electron chi connectivity index (χ4n) is 0.998. The molecule has 94 valence electrons. The molecule has 17 heavy (non-hydrogen) atoms. The Morgan fingerprint density at radius 1 is 1.35 bits per heavy atom. The summed E-state index contributed by atoms with van der Waals surface area (Å²) >= 11 is -2.61. The van der Waals surface area contributed by atoms with E-state index in [0.29, 0.717) is 0 Å². The number of benzene rings is 1. The summed E-state index contributed by atoms with van der Waals surface area (Å²) in [4.78, 5) is 4.09. The molecule has 0 heterocycles. The molecule has 0 saturated heterocycles. The van der Waals surface area contributed by atoms with Gasteiger partial charge in [-0.1, -0.05) is 35.5 Å². The average molecular weight is 266 g/mol. The molecule has 0 aliphatic carbocycles. The Morgan fingerprint density at radius 3 is 2.41 bits per heavy atom. The van der Waals surface area contributed by atoms with Crippen molar-refractivity contribution in [1.29, 1.82) is 0 Å². The van der Waals surface area contributed by atoms with Crippen LogP contribution in [0.1, 0.15) is 5.56 Å². The Balaban J connectivity index is 2.93. The third-order valence-electron chi connectivity index (χ3n) is 1.62. The lowest BCUT2D eigenvalue weighted by Gasteiger charge is -2.10. The van der Waals surface area contributed by atoms with E-state index < -0.39 is 28.9 Å². The Hall–Kier alpha value is -1.41. The zero-order valence-corrected chi connectivity index (χ0v) is 9.12. The standard InChI is InChI=1S/C9H8F3NO3S/c10-9(11,12)8(13-16-6-17(14)15)7-4-2-1-3-5-7/h1-5H,6H2,(H,14,15)/p-1. The molecule has 1 unspecified atom stereocenters. The summed E-state index contributed by atoms with van der Waals surface area (Å²) < 4.78 is 57.9. The molecular weight excluding hydrogens is 259 g/mol. The normalized spacial score (nSPS) is 14.5. The quantitative estimate of drug-likeness (QED) is 0.474. The van der Waals surface area contributed by atoms with Gasteiger partial charge in [-0.05, 0) is 11.1 Å². The molecule has 0 saturated carbocycles. The minimum atomic E-state index is -4.72. The molecule has 0 N–H and O–H groups in total. The summed E-state index contributed by atoms with van der Waals surface area (Å²) in [5.41, 5.74) is -1.47. The molecule has 1 rings (SSSR count). The molecular formula is C9H7F3NO3S-. The molecule has 0 bridgehead atoms. The topological polar surface area (TPSA) is 61.7 Å². The van der Waals surface area contributed by atoms with E-state index in [1.807, 2.05) is 0 Å². The second-order valence-corrected chi connectivity index (χ2v) is 3.70. The maximum absolute atomic E-state index is 12.6. The molecule has 0 spiro atoms. The highest BCUT2D eigenvalue weighted by Gasteiger charge is 2.37. The van der Waals surface area contributed by atoms with Gasteiger partial charge in [-0.15, -0.1) is 0 Å². The van der Waals surface area contributed by atoms with Crippen molar-refractivity contribution in [3.05, 3.63) is 35.9 Å². The molecule has 1 aromatic carbocycles. The smallest absolute Gasteiger partial charge is 0.437 e. The second kappa shape index (κ2) is 5.78. The van der Waals surface area contributed by atoms with E-state index in [1.165, 1.54) is 24.3 Å². The maximum Gasteiger partial charge on any atom is 0.437 e. The van der Waals surface area contributed by atoms with Crippen molar-refractivity contribution in [3.63, 3.8) is 0 Å². The number of hydrogen-bond acceptors (Lipinski definition) is 4. The van der Waals surface area contributed by atoms with E-state index in [-0.39, 0.29) is 5.56 Å². The molecule has 4 nitrogen and oxygen atoms in total. The number of nitrogens with zero attached hydrogens (tertiary/aromatic N) is 1. The Kier molecular flexibility index (Phi) is 4.64. The lowest BCUT2D eigenvalue weighted by Crippen LogP contribution is -2.24. The van der Waals surface area contributed by atoms with Crippen LogP contribution in [0, 0.1) is 0 Å². The highest BCUT2D eigenvalue weighted by atomic mass is 32.2. The molecule has 0 amide bonds. The Morgan fingerprint density at radius 2 is 1.94 bits per heavy atom. The van der Waals surface area contributed by atoms with E-state index >= 15 is 0 Å². The van der Waals surface area contributed by atoms with Gasteiger partial charge < -0.3 is 9.39 Å². The minimum absolute atomic E-state index is 0.198. The molecule has 0 fully saturated rings. The van der Waals surface area contributed by atoms with Gasteiger partial charge >= 0.3 is 6.18 Å². The Bertz CT molecular complexity index is 419. The number of hydrogen-bond donors (Lipinski definition) is 0. The fourth-order valence-corrected chi connectivity index (χ4v) is 1.14. The van der Waals surface area contributed by atoms with E-state index in [0.717, 1.165) is 0 Å². The van der Waals surface area contributed by atoms with Gasteiger partial charge in [-0.25, -0.2) is 0 Å². The van der Waals surface area contributed by atoms with Crippen LogP contribution in [0.25, 0.3) is 0 Å². The summed E-state index contributed by atoms with van der Waals surface area (Å²) in [6.07, 6.45) is -4.72. The van der Waals surface area contributed by atoms with Crippen LogP contribution in [0.4, 0.5) is 13.2 Å². The first-order valence-corrected chi connectivity index (χ1v) is 5.54. The summed E-state index contributed by atoms with van der Waals surface area (Å²) in [5, 5.41) is 2.80. The van der Waals surface area contributed by atoms with Crippen molar-refractivity contribution in [2.45, 2.75) is 6.18 Å². The summed E-state index contributed by atoms with van der Waals surface area (Å²) in [6.45, 7) is 0. The van der Waals surface area contributed by atoms with Crippen molar-refractivity contribution in [3.8, 4) is 0 Å². The highest BCUT2D eigenvalue weighted by molar-refractivity contribution is 7.78. The van der Waals surface area contributed by atoms with Gasteiger partial charge in [0.25, 0.3) is 0 Å². The predicted molar refractivity (Wildman–Crippen MR) is 53.9 cm³/mol. The SMILES string of the molecule is O=S([O-])CON=C(c1ccccc1)C(F)(F)F. The molecule has 0 radical (unpaired) electrons. The first-order chi connectivity index (χ1) is 7.91. The van der Waals surface area contributed by atoms with Gasteiger partial charge in [0.05, 0.1) is 0 Å². The van der Waals surface area contributed by atoms with Gasteiger partial charge in [0, 0.05) is 5.56 Å². The van der Waals surface area contributed by atoms with Crippen LogP contribution in [-0.2, 0) is 15.9 Å². The van der Waals surface area contributed by atoms with Gasteiger partial charge in [0.2, 0.25) is 0 Å². The second-order valence-electron chi connectivity index (χ2n) is 2.85. The van der Waals surface area contributed by atoms with Crippen molar-refractivity contribution >= 4 is 16.8 Å². The van der Waals surface area contributed by atoms with Crippen LogP contribution in [-0.4, -0.2) is 26.6 Å². The highest BCUT2D eigenvalue weighted by Crippen LogP contribution is 2.22. The molecule has 0 aromatic heterocycles. The zero-order chi connectivity index (χ0) is 12.9. The lowest BCUT2D eigenvalue weighted by molar-refractivity contribution is -0.0610. The number of oxime groups is 1. The largest absolute Gasteiger partial charge is 0.770 e. The average Bonchev–Trinajstić information content (AvgIpc) is 2.23. The first-order valence-electron chi connectivity index (χ1n) is 4.29. The van der Waals surface area contributed by atoms with Crippen LogP contribution in [0.2, 0.25) is 0 Å². The molecule has 1 atom stereocenters. The number of rotatable bonds is 4. The van der Waals surface area contributed by atoms with Gasteiger partial charge in [0.15, 0.2) is 11.7 Å².